The molecule has 0 bridgehead atoms. The van der Waals surface area contributed by atoms with E-state index in [0.717, 1.165) is 42.3 Å². The van der Waals surface area contributed by atoms with Gasteiger partial charge in [0.1, 0.15) is 5.78 Å². The summed E-state index contributed by atoms with van der Waals surface area (Å²) in [4.78, 5) is 12.2. The lowest BCUT2D eigenvalue weighted by Crippen LogP contribution is -2.26. The first-order chi connectivity index (χ1) is 8.69. The number of rotatable bonds is 4. The average molecular weight is 310 g/mol. The zero-order valence-corrected chi connectivity index (χ0v) is 12.2. The van der Waals surface area contributed by atoms with Crippen molar-refractivity contribution in [2.75, 3.05) is 6.54 Å². The first-order valence-corrected chi connectivity index (χ1v) is 7.45. The highest BCUT2D eigenvalue weighted by atomic mass is 79.9. The van der Waals surface area contributed by atoms with Crippen LogP contribution in [0.2, 0.25) is 0 Å². The van der Waals surface area contributed by atoms with Crippen LogP contribution in [0.3, 0.4) is 0 Å². The molecule has 0 unspecified atom stereocenters. The fourth-order valence-corrected chi connectivity index (χ4v) is 3.16. The first kappa shape index (κ1) is 13.8. The van der Waals surface area contributed by atoms with E-state index in [2.05, 4.69) is 15.9 Å². The van der Waals surface area contributed by atoms with Crippen molar-refractivity contribution < 1.29 is 4.79 Å². The molecule has 0 saturated heterocycles. The SMILES string of the molecule is NCC1CCC(C(=O)Cc2cccc(Br)c2)CC1. The Labute approximate surface area is 117 Å². The summed E-state index contributed by atoms with van der Waals surface area (Å²) in [5.74, 6) is 1.29. The van der Waals surface area contributed by atoms with Crippen molar-refractivity contribution in [3.63, 3.8) is 0 Å². The molecular weight excluding hydrogens is 290 g/mol. The average Bonchev–Trinajstić information content (AvgIpc) is 2.39. The van der Waals surface area contributed by atoms with Gasteiger partial charge in [-0.3, -0.25) is 4.79 Å². The predicted molar refractivity (Wildman–Crippen MR) is 77.4 cm³/mol. The molecule has 0 spiro atoms. The molecule has 2 N–H and O–H groups in total. The molecule has 1 aliphatic rings. The molecule has 0 amide bonds. The largest absolute Gasteiger partial charge is 0.330 e. The van der Waals surface area contributed by atoms with E-state index in [9.17, 15) is 4.79 Å². The van der Waals surface area contributed by atoms with Gasteiger partial charge in [-0.2, -0.15) is 0 Å². The van der Waals surface area contributed by atoms with Crippen molar-refractivity contribution >= 4 is 21.7 Å². The Bertz CT molecular complexity index is 411. The molecular formula is C15H20BrNO. The fourth-order valence-electron chi connectivity index (χ4n) is 2.71. The van der Waals surface area contributed by atoms with E-state index in [1.807, 2.05) is 24.3 Å². The smallest absolute Gasteiger partial charge is 0.140 e. The van der Waals surface area contributed by atoms with Crippen LogP contribution < -0.4 is 5.73 Å². The van der Waals surface area contributed by atoms with Crippen molar-refractivity contribution in [2.24, 2.45) is 17.6 Å². The molecule has 1 aromatic carbocycles. The van der Waals surface area contributed by atoms with Gasteiger partial charge in [0, 0.05) is 16.8 Å². The number of nitrogens with two attached hydrogens (primary N) is 1. The van der Waals surface area contributed by atoms with E-state index < -0.39 is 0 Å². The normalized spacial score (nSPS) is 23.9. The lowest BCUT2D eigenvalue weighted by atomic mass is 9.79. The number of benzene rings is 1. The zero-order chi connectivity index (χ0) is 13.0. The van der Waals surface area contributed by atoms with Gasteiger partial charge in [-0.1, -0.05) is 28.1 Å². The van der Waals surface area contributed by atoms with Crippen LogP contribution in [0.25, 0.3) is 0 Å². The van der Waals surface area contributed by atoms with Crippen LogP contribution >= 0.6 is 15.9 Å². The Morgan fingerprint density at radius 3 is 2.61 bits per heavy atom. The first-order valence-electron chi connectivity index (χ1n) is 6.66. The summed E-state index contributed by atoms with van der Waals surface area (Å²) >= 11 is 3.44. The third-order valence-electron chi connectivity index (χ3n) is 3.90. The van der Waals surface area contributed by atoms with Gasteiger partial charge in [0.15, 0.2) is 0 Å². The number of hydrogen-bond acceptors (Lipinski definition) is 2. The van der Waals surface area contributed by atoms with Gasteiger partial charge in [-0.05, 0) is 55.8 Å². The Kier molecular flexibility index (Phi) is 4.95. The van der Waals surface area contributed by atoms with Gasteiger partial charge in [-0.15, -0.1) is 0 Å². The van der Waals surface area contributed by atoms with E-state index in [-0.39, 0.29) is 5.92 Å². The fraction of sp³-hybridized carbons (Fsp3) is 0.533. The molecule has 0 radical (unpaired) electrons. The number of hydrogen-bond donors (Lipinski definition) is 1. The van der Waals surface area contributed by atoms with Gasteiger partial charge in [0.25, 0.3) is 0 Å². The summed E-state index contributed by atoms with van der Waals surface area (Å²) in [6.07, 6.45) is 4.84. The van der Waals surface area contributed by atoms with E-state index in [1.165, 1.54) is 0 Å². The Morgan fingerprint density at radius 2 is 2.00 bits per heavy atom. The summed E-state index contributed by atoms with van der Waals surface area (Å²) in [6, 6.07) is 8.02. The molecule has 1 aliphatic carbocycles. The molecule has 2 rings (SSSR count). The molecule has 2 nitrogen and oxygen atoms in total. The van der Waals surface area contributed by atoms with Crippen LogP contribution in [0.4, 0.5) is 0 Å². The third kappa shape index (κ3) is 3.66. The minimum Gasteiger partial charge on any atom is -0.330 e. The molecule has 98 valence electrons. The molecule has 1 saturated carbocycles. The Hall–Kier alpha value is -0.670. The lowest BCUT2D eigenvalue weighted by Gasteiger charge is -2.26. The maximum Gasteiger partial charge on any atom is 0.140 e. The van der Waals surface area contributed by atoms with Crippen molar-refractivity contribution in [1.29, 1.82) is 0 Å². The van der Waals surface area contributed by atoms with Crippen LogP contribution in [0.1, 0.15) is 31.2 Å². The molecule has 1 fully saturated rings. The van der Waals surface area contributed by atoms with Crippen molar-refractivity contribution in [3.8, 4) is 0 Å². The quantitative estimate of drug-likeness (QED) is 0.927. The van der Waals surface area contributed by atoms with Crippen LogP contribution in [-0.4, -0.2) is 12.3 Å². The topological polar surface area (TPSA) is 43.1 Å². The summed E-state index contributed by atoms with van der Waals surface area (Å²) in [7, 11) is 0. The van der Waals surface area contributed by atoms with Crippen molar-refractivity contribution in [3.05, 3.63) is 34.3 Å². The molecule has 0 heterocycles. The number of ketones is 1. The van der Waals surface area contributed by atoms with E-state index in [4.69, 9.17) is 5.73 Å². The van der Waals surface area contributed by atoms with Gasteiger partial charge in [0.2, 0.25) is 0 Å². The summed E-state index contributed by atoms with van der Waals surface area (Å²) in [5.41, 5.74) is 6.78. The van der Waals surface area contributed by atoms with Crippen molar-refractivity contribution in [2.45, 2.75) is 32.1 Å². The molecule has 18 heavy (non-hydrogen) atoms. The van der Waals surface area contributed by atoms with Crippen LogP contribution in [-0.2, 0) is 11.2 Å². The molecule has 3 heteroatoms. The highest BCUT2D eigenvalue weighted by molar-refractivity contribution is 9.10. The molecule has 1 aromatic rings. The predicted octanol–water partition coefficient (Wildman–Crippen LogP) is 3.33. The number of Topliss-reactive ketones (excluding diaryl/α,β-unsaturated/α-hetero) is 1. The third-order valence-corrected chi connectivity index (χ3v) is 4.40. The van der Waals surface area contributed by atoms with Crippen LogP contribution in [0.5, 0.6) is 0 Å². The second-order valence-electron chi connectivity index (χ2n) is 5.23. The van der Waals surface area contributed by atoms with E-state index >= 15 is 0 Å². The highest BCUT2D eigenvalue weighted by Crippen LogP contribution is 2.29. The van der Waals surface area contributed by atoms with E-state index in [0.29, 0.717) is 18.1 Å². The maximum absolute atomic E-state index is 12.2. The maximum atomic E-state index is 12.2. The number of carbonyl (C=O) groups excluding carboxylic acids is 1. The Morgan fingerprint density at radius 1 is 1.28 bits per heavy atom. The van der Waals surface area contributed by atoms with Crippen LogP contribution in [0.15, 0.2) is 28.7 Å². The monoisotopic (exact) mass is 309 g/mol. The van der Waals surface area contributed by atoms with Gasteiger partial charge in [-0.25, -0.2) is 0 Å². The summed E-state index contributed by atoms with van der Waals surface area (Å²) in [6.45, 7) is 0.770. The van der Waals surface area contributed by atoms with Gasteiger partial charge < -0.3 is 5.73 Å². The minimum atomic E-state index is 0.256. The zero-order valence-electron chi connectivity index (χ0n) is 10.6. The number of halogens is 1. The van der Waals surface area contributed by atoms with Crippen LogP contribution in [0, 0.1) is 11.8 Å². The lowest BCUT2D eigenvalue weighted by molar-refractivity contribution is -0.123. The van der Waals surface area contributed by atoms with Gasteiger partial charge >= 0.3 is 0 Å². The number of carbonyl (C=O) groups is 1. The minimum absolute atomic E-state index is 0.256. The highest BCUT2D eigenvalue weighted by Gasteiger charge is 2.25. The second kappa shape index (κ2) is 6.48. The standard InChI is InChI=1S/C15H20BrNO/c16-14-3-1-2-12(8-14)9-15(18)13-6-4-11(10-17)5-7-13/h1-3,8,11,13H,4-7,9-10,17H2. The molecule has 0 aliphatic heterocycles. The van der Waals surface area contributed by atoms with Gasteiger partial charge in [0.05, 0.1) is 0 Å². The second-order valence-corrected chi connectivity index (χ2v) is 6.14. The Balaban J connectivity index is 1.89. The van der Waals surface area contributed by atoms with E-state index in [1.54, 1.807) is 0 Å². The van der Waals surface area contributed by atoms with Crippen molar-refractivity contribution in [1.82, 2.24) is 0 Å². The summed E-state index contributed by atoms with van der Waals surface area (Å²) in [5, 5.41) is 0. The summed E-state index contributed by atoms with van der Waals surface area (Å²) < 4.78 is 1.04. The molecule has 0 atom stereocenters. The molecule has 0 aromatic heterocycles.